The predicted molar refractivity (Wildman–Crippen MR) is 86.9 cm³/mol. The van der Waals surface area contributed by atoms with E-state index in [1.54, 1.807) is 12.0 Å². The first kappa shape index (κ1) is 15.8. The summed E-state index contributed by atoms with van der Waals surface area (Å²) < 4.78 is 16.5. The van der Waals surface area contributed by atoms with Crippen molar-refractivity contribution in [1.82, 2.24) is 10.2 Å². The van der Waals surface area contributed by atoms with E-state index in [-0.39, 0.29) is 5.91 Å². The minimum Gasteiger partial charge on any atom is -0.493 e. The topological polar surface area (TPSA) is 63.9 Å². The first-order valence-corrected chi connectivity index (χ1v) is 7.91. The summed E-state index contributed by atoms with van der Waals surface area (Å²) in [5, 5.41) is 4.22. The lowest BCUT2D eigenvalue weighted by Crippen LogP contribution is -2.40. The molecule has 1 aliphatic rings. The van der Waals surface area contributed by atoms with E-state index >= 15 is 0 Å². The van der Waals surface area contributed by atoms with E-state index in [0.29, 0.717) is 43.4 Å². The third kappa shape index (κ3) is 3.18. The van der Waals surface area contributed by atoms with Gasteiger partial charge in [-0.2, -0.15) is 0 Å². The minimum atomic E-state index is -0.0963. The van der Waals surface area contributed by atoms with Gasteiger partial charge in [-0.05, 0) is 24.2 Å². The van der Waals surface area contributed by atoms with Crippen molar-refractivity contribution in [2.75, 3.05) is 40.0 Å². The number of carbonyl (C=O) groups excluding carboxylic acids is 1. The second kappa shape index (κ2) is 7.02. The maximum Gasteiger partial charge on any atom is 0.289 e. The number of amides is 1. The molecular formula is C17H22N2O4. The fraction of sp³-hybridized carbons (Fsp3) is 0.471. The van der Waals surface area contributed by atoms with Gasteiger partial charge in [-0.1, -0.05) is 13.0 Å². The summed E-state index contributed by atoms with van der Waals surface area (Å²) in [5.41, 5.74) is 1.71. The van der Waals surface area contributed by atoms with Crippen molar-refractivity contribution >= 4 is 16.9 Å². The molecule has 23 heavy (non-hydrogen) atoms. The van der Waals surface area contributed by atoms with Crippen LogP contribution in [-0.2, 0) is 11.3 Å². The third-order valence-electron chi connectivity index (χ3n) is 4.03. The van der Waals surface area contributed by atoms with Gasteiger partial charge in [0, 0.05) is 25.0 Å². The molecule has 1 N–H and O–H groups in total. The third-order valence-corrected chi connectivity index (χ3v) is 4.03. The molecule has 3 rings (SSSR count). The van der Waals surface area contributed by atoms with Crippen LogP contribution in [0.15, 0.2) is 22.6 Å². The number of nitrogens with zero attached hydrogens (tertiary/aromatic N) is 1. The highest BCUT2D eigenvalue weighted by Crippen LogP contribution is 2.32. The van der Waals surface area contributed by atoms with Gasteiger partial charge < -0.3 is 24.1 Å². The molecule has 0 spiro atoms. The average molecular weight is 318 g/mol. The summed E-state index contributed by atoms with van der Waals surface area (Å²) in [6.45, 7) is 5.99. The Morgan fingerprint density at radius 3 is 2.83 bits per heavy atom. The highest BCUT2D eigenvalue weighted by Gasteiger charge is 2.23. The van der Waals surface area contributed by atoms with Gasteiger partial charge in [-0.15, -0.1) is 0 Å². The molecule has 6 heteroatoms. The maximum absolute atomic E-state index is 12.6. The van der Waals surface area contributed by atoms with E-state index in [2.05, 4.69) is 12.2 Å². The summed E-state index contributed by atoms with van der Waals surface area (Å²) in [7, 11) is 1.60. The number of ether oxygens (including phenoxy) is 2. The van der Waals surface area contributed by atoms with Gasteiger partial charge in [0.15, 0.2) is 17.1 Å². The van der Waals surface area contributed by atoms with E-state index in [0.717, 1.165) is 24.0 Å². The molecule has 1 aromatic heterocycles. The Kier molecular flexibility index (Phi) is 4.83. The van der Waals surface area contributed by atoms with Gasteiger partial charge in [0.05, 0.1) is 20.3 Å². The Morgan fingerprint density at radius 2 is 2.13 bits per heavy atom. The lowest BCUT2D eigenvalue weighted by Gasteiger charge is -2.25. The molecule has 0 unspecified atom stereocenters. The summed E-state index contributed by atoms with van der Waals surface area (Å²) in [4.78, 5) is 14.4. The average Bonchev–Trinajstić information content (AvgIpc) is 3.05. The zero-order valence-electron chi connectivity index (χ0n) is 13.6. The normalized spacial score (nSPS) is 15.1. The number of fused-ring (bicyclic) bond motifs is 1. The van der Waals surface area contributed by atoms with Crippen LogP contribution < -0.4 is 10.1 Å². The number of nitrogens with one attached hydrogen (secondary N) is 1. The molecule has 0 atom stereocenters. The van der Waals surface area contributed by atoms with Crippen molar-refractivity contribution in [2.45, 2.75) is 13.5 Å². The van der Waals surface area contributed by atoms with Crippen LogP contribution >= 0.6 is 0 Å². The smallest absolute Gasteiger partial charge is 0.289 e. The highest BCUT2D eigenvalue weighted by atomic mass is 16.5. The van der Waals surface area contributed by atoms with Gasteiger partial charge >= 0.3 is 0 Å². The second-order valence-electron chi connectivity index (χ2n) is 5.47. The molecule has 0 saturated carbocycles. The largest absolute Gasteiger partial charge is 0.493 e. The summed E-state index contributed by atoms with van der Waals surface area (Å²) in [6.07, 6.45) is 0. The molecule has 124 valence electrons. The first-order chi connectivity index (χ1) is 11.2. The number of hydrogen-bond acceptors (Lipinski definition) is 5. The van der Waals surface area contributed by atoms with Crippen LogP contribution in [0.2, 0.25) is 0 Å². The van der Waals surface area contributed by atoms with Crippen LogP contribution in [0.4, 0.5) is 0 Å². The monoisotopic (exact) mass is 318 g/mol. The van der Waals surface area contributed by atoms with Crippen molar-refractivity contribution in [1.29, 1.82) is 0 Å². The second-order valence-corrected chi connectivity index (χ2v) is 5.47. The molecule has 0 radical (unpaired) electrons. The van der Waals surface area contributed by atoms with Crippen molar-refractivity contribution < 1.29 is 18.7 Å². The van der Waals surface area contributed by atoms with Gasteiger partial charge in [0.2, 0.25) is 0 Å². The Labute approximate surface area is 135 Å². The number of furan rings is 1. The van der Waals surface area contributed by atoms with Crippen LogP contribution in [-0.4, -0.2) is 50.8 Å². The molecule has 1 saturated heterocycles. The van der Waals surface area contributed by atoms with E-state index in [4.69, 9.17) is 13.9 Å². The number of benzene rings is 1. The molecule has 6 nitrogen and oxygen atoms in total. The summed E-state index contributed by atoms with van der Waals surface area (Å²) in [6, 6.07) is 5.70. The summed E-state index contributed by atoms with van der Waals surface area (Å²) >= 11 is 0. The highest BCUT2D eigenvalue weighted by molar-refractivity contribution is 5.98. The Hall–Kier alpha value is -2.05. The van der Waals surface area contributed by atoms with Crippen LogP contribution in [0.5, 0.6) is 5.75 Å². The molecule has 2 heterocycles. The maximum atomic E-state index is 12.6. The van der Waals surface area contributed by atoms with E-state index in [9.17, 15) is 4.79 Å². The van der Waals surface area contributed by atoms with E-state index in [1.807, 2.05) is 18.2 Å². The SMILES string of the molecule is CCNCc1ccc(OC)c2oc(C(=O)N3CCOCC3)cc12. The molecule has 1 fully saturated rings. The van der Waals surface area contributed by atoms with Crippen molar-refractivity contribution in [2.24, 2.45) is 0 Å². The van der Waals surface area contributed by atoms with Crippen LogP contribution in [0.3, 0.4) is 0 Å². The Balaban J connectivity index is 1.96. The molecule has 1 aromatic carbocycles. The predicted octanol–water partition coefficient (Wildman–Crippen LogP) is 2.02. The number of rotatable bonds is 5. The van der Waals surface area contributed by atoms with Crippen molar-refractivity contribution in [3.8, 4) is 5.75 Å². The van der Waals surface area contributed by atoms with E-state index < -0.39 is 0 Å². The summed E-state index contributed by atoms with van der Waals surface area (Å²) in [5.74, 6) is 0.895. The van der Waals surface area contributed by atoms with Crippen LogP contribution in [0, 0.1) is 0 Å². The van der Waals surface area contributed by atoms with Crippen LogP contribution in [0.1, 0.15) is 23.0 Å². The molecule has 1 aliphatic heterocycles. The molecule has 0 bridgehead atoms. The van der Waals surface area contributed by atoms with Gasteiger partial charge in [0.1, 0.15) is 0 Å². The molecular weight excluding hydrogens is 296 g/mol. The van der Waals surface area contributed by atoms with Gasteiger partial charge in [-0.25, -0.2) is 0 Å². The van der Waals surface area contributed by atoms with Gasteiger partial charge in [0.25, 0.3) is 5.91 Å². The van der Waals surface area contributed by atoms with Crippen molar-refractivity contribution in [3.05, 3.63) is 29.5 Å². The van der Waals surface area contributed by atoms with Crippen molar-refractivity contribution in [3.63, 3.8) is 0 Å². The molecule has 1 amide bonds. The minimum absolute atomic E-state index is 0.0963. The first-order valence-electron chi connectivity index (χ1n) is 7.91. The van der Waals surface area contributed by atoms with E-state index in [1.165, 1.54) is 0 Å². The fourth-order valence-electron chi connectivity index (χ4n) is 2.76. The number of methoxy groups -OCH3 is 1. The zero-order valence-corrected chi connectivity index (χ0v) is 13.6. The number of carbonyl (C=O) groups is 1. The Morgan fingerprint density at radius 1 is 1.35 bits per heavy atom. The zero-order chi connectivity index (χ0) is 16.2. The Bertz CT molecular complexity index is 689. The number of morpholine rings is 1. The quantitative estimate of drug-likeness (QED) is 0.914. The molecule has 0 aliphatic carbocycles. The lowest BCUT2D eigenvalue weighted by molar-refractivity contribution is 0.0284. The van der Waals surface area contributed by atoms with Gasteiger partial charge in [-0.3, -0.25) is 4.79 Å². The number of hydrogen-bond donors (Lipinski definition) is 1. The fourth-order valence-corrected chi connectivity index (χ4v) is 2.76. The standard InChI is InChI=1S/C17H22N2O4/c1-3-18-11-12-4-5-14(21-2)16-13(12)10-15(23-16)17(20)19-6-8-22-9-7-19/h4-5,10,18H,3,6-9,11H2,1-2H3. The lowest BCUT2D eigenvalue weighted by atomic mass is 10.1. The molecule has 2 aromatic rings. The van der Waals surface area contributed by atoms with Crippen LogP contribution in [0.25, 0.3) is 11.0 Å².